The van der Waals surface area contributed by atoms with Gasteiger partial charge in [-0.15, -0.1) is 5.10 Å². The predicted octanol–water partition coefficient (Wildman–Crippen LogP) is 3.99. The maximum absolute atomic E-state index is 12.8. The molecule has 15 heavy (non-hydrogen) atoms. The third kappa shape index (κ3) is 2.73. The first-order valence-corrected chi connectivity index (χ1v) is 6.17. The molecule has 2 aromatic rings. The number of halogens is 3. The molecule has 0 unspecified atom stereocenters. The molecule has 2 rings (SSSR count). The third-order valence-electron chi connectivity index (χ3n) is 1.47. The van der Waals surface area contributed by atoms with E-state index >= 15 is 0 Å². The molecule has 0 aliphatic heterocycles. The zero-order chi connectivity index (χ0) is 10.8. The molecule has 0 saturated heterocycles. The molecule has 0 bridgehead atoms. The van der Waals surface area contributed by atoms with Crippen molar-refractivity contribution in [1.82, 2.24) is 10.2 Å². The van der Waals surface area contributed by atoms with Crippen LogP contribution in [-0.2, 0) is 0 Å². The molecule has 0 saturated carbocycles. The van der Waals surface area contributed by atoms with E-state index in [1.807, 2.05) is 0 Å². The van der Waals surface area contributed by atoms with Crippen LogP contribution in [0.2, 0.25) is 0 Å². The normalized spacial score (nSPS) is 10.3. The van der Waals surface area contributed by atoms with Gasteiger partial charge < -0.3 is 4.74 Å². The number of benzene rings is 1. The molecule has 0 N–H and O–H groups in total. The summed E-state index contributed by atoms with van der Waals surface area (Å²) in [6, 6.07) is 4.16. The molecule has 0 aliphatic rings. The lowest BCUT2D eigenvalue weighted by Gasteiger charge is -2.02. The summed E-state index contributed by atoms with van der Waals surface area (Å²) < 4.78 is 19.3. The van der Waals surface area contributed by atoms with Crippen LogP contribution in [0.5, 0.6) is 10.9 Å². The Morgan fingerprint density at radius 1 is 1.27 bits per heavy atom. The fourth-order valence-electron chi connectivity index (χ4n) is 0.886. The Balaban J connectivity index is 2.24. The van der Waals surface area contributed by atoms with Crippen LogP contribution in [0, 0.1) is 5.82 Å². The van der Waals surface area contributed by atoms with Crippen LogP contribution < -0.4 is 4.74 Å². The van der Waals surface area contributed by atoms with Crippen molar-refractivity contribution in [2.45, 2.75) is 0 Å². The second kappa shape index (κ2) is 4.54. The van der Waals surface area contributed by atoms with Crippen molar-refractivity contribution in [2.75, 3.05) is 0 Å². The number of hydrogen-bond donors (Lipinski definition) is 0. The summed E-state index contributed by atoms with van der Waals surface area (Å²) in [5, 5.41) is 7.89. The maximum atomic E-state index is 12.8. The minimum Gasteiger partial charge on any atom is -0.429 e. The maximum Gasteiger partial charge on any atom is 0.300 e. The minimum atomic E-state index is -0.326. The van der Waals surface area contributed by atoms with E-state index in [4.69, 9.17) is 4.74 Å². The molecule has 0 amide bonds. The van der Waals surface area contributed by atoms with Crippen molar-refractivity contribution < 1.29 is 9.13 Å². The van der Waals surface area contributed by atoms with Gasteiger partial charge in [0.15, 0.2) is 3.92 Å². The van der Waals surface area contributed by atoms with E-state index < -0.39 is 0 Å². The molecular formula is C8H3Br2FN2OS. The summed E-state index contributed by atoms with van der Waals surface area (Å²) in [6.45, 7) is 0. The quantitative estimate of drug-likeness (QED) is 0.818. The van der Waals surface area contributed by atoms with E-state index in [0.717, 1.165) is 0 Å². The van der Waals surface area contributed by atoms with Gasteiger partial charge in [-0.25, -0.2) is 4.39 Å². The van der Waals surface area contributed by atoms with Gasteiger partial charge in [0.25, 0.3) is 5.19 Å². The molecular weight excluding hydrogens is 351 g/mol. The highest BCUT2D eigenvalue weighted by Crippen LogP contribution is 2.32. The van der Waals surface area contributed by atoms with Gasteiger partial charge in [0.2, 0.25) is 0 Å². The van der Waals surface area contributed by atoms with Crippen LogP contribution >= 0.6 is 43.2 Å². The van der Waals surface area contributed by atoms with E-state index in [-0.39, 0.29) is 5.82 Å². The summed E-state index contributed by atoms with van der Waals surface area (Å²) >= 11 is 7.61. The number of rotatable bonds is 2. The molecule has 78 valence electrons. The van der Waals surface area contributed by atoms with Gasteiger partial charge in [-0.1, -0.05) is 5.10 Å². The first kappa shape index (κ1) is 11.0. The Morgan fingerprint density at radius 2 is 2.07 bits per heavy atom. The SMILES string of the molecule is Fc1ccc(Oc2nnc(Br)s2)c(Br)c1. The highest BCUT2D eigenvalue weighted by molar-refractivity contribution is 9.11. The van der Waals surface area contributed by atoms with Crippen molar-refractivity contribution >= 4 is 43.2 Å². The van der Waals surface area contributed by atoms with E-state index in [9.17, 15) is 4.39 Å². The van der Waals surface area contributed by atoms with E-state index in [2.05, 4.69) is 42.1 Å². The van der Waals surface area contributed by atoms with Crippen molar-refractivity contribution in [3.63, 3.8) is 0 Å². The van der Waals surface area contributed by atoms with Crippen LogP contribution in [0.25, 0.3) is 0 Å². The fourth-order valence-corrected chi connectivity index (χ4v) is 2.25. The Labute approximate surface area is 106 Å². The molecule has 0 atom stereocenters. The first-order chi connectivity index (χ1) is 7.15. The molecule has 0 spiro atoms. The summed E-state index contributed by atoms with van der Waals surface area (Å²) in [7, 11) is 0. The summed E-state index contributed by atoms with van der Waals surface area (Å²) in [6.07, 6.45) is 0. The molecule has 1 heterocycles. The largest absolute Gasteiger partial charge is 0.429 e. The van der Waals surface area contributed by atoms with Crippen LogP contribution in [0.4, 0.5) is 4.39 Å². The van der Waals surface area contributed by atoms with E-state index in [1.165, 1.54) is 29.5 Å². The molecule has 7 heteroatoms. The monoisotopic (exact) mass is 352 g/mol. The Morgan fingerprint density at radius 3 is 2.67 bits per heavy atom. The van der Waals surface area contributed by atoms with Gasteiger partial charge in [0.1, 0.15) is 11.6 Å². The van der Waals surface area contributed by atoms with Crippen molar-refractivity contribution in [2.24, 2.45) is 0 Å². The molecule has 0 fully saturated rings. The molecule has 3 nitrogen and oxygen atoms in total. The van der Waals surface area contributed by atoms with Crippen LogP contribution in [-0.4, -0.2) is 10.2 Å². The number of ether oxygens (including phenoxy) is 1. The van der Waals surface area contributed by atoms with Gasteiger partial charge in [-0.3, -0.25) is 0 Å². The highest BCUT2D eigenvalue weighted by Gasteiger charge is 2.07. The summed E-state index contributed by atoms with van der Waals surface area (Å²) in [5.41, 5.74) is 0. The van der Waals surface area contributed by atoms with Gasteiger partial charge in [-0.05, 0) is 61.4 Å². The number of aromatic nitrogens is 2. The molecule has 0 aliphatic carbocycles. The summed E-state index contributed by atoms with van der Waals surface area (Å²) in [4.78, 5) is 0. The van der Waals surface area contributed by atoms with Crippen molar-refractivity contribution in [3.8, 4) is 10.9 Å². The zero-order valence-corrected chi connectivity index (χ0v) is 11.1. The second-order valence-electron chi connectivity index (χ2n) is 2.50. The topological polar surface area (TPSA) is 35.0 Å². The molecule has 1 aromatic carbocycles. The minimum absolute atomic E-state index is 0.326. The van der Waals surface area contributed by atoms with Crippen LogP contribution in [0.1, 0.15) is 0 Å². The Hall–Kier alpha value is -0.530. The summed E-state index contributed by atoms with van der Waals surface area (Å²) in [5.74, 6) is 0.174. The van der Waals surface area contributed by atoms with Gasteiger partial charge >= 0.3 is 0 Å². The first-order valence-electron chi connectivity index (χ1n) is 3.77. The molecule has 0 radical (unpaired) electrons. The average molecular weight is 354 g/mol. The standard InChI is InChI=1S/C8H3Br2FN2OS/c9-5-3-4(11)1-2-6(5)14-8-13-12-7(10)15-8/h1-3H. The van der Waals surface area contributed by atoms with Gasteiger partial charge in [0.05, 0.1) is 4.47 Å². The highest BCUT2D eigenvalue weighted by atomic mass is 79.9. The van der Waals surface area contributed by atoms with Gasteiger partial charge in [-0.2, -0.15) is 0 Å². The van der Waals surface area contributed by atoms with E-state index in [0.29, 0.717) is 19.3 Å². The van der Waals surface area contributed by atoms with Gasteiger partial charge in [0, 0.05) is 0 Å². The van der Waals surface area contributed by atoms with E-state index in [1.54, 1.807) is 0 Å². The van der Waals surface area contributed by atoms with Crippen LogP contribution in [0.15, 0.2) is 26.6 Å². The zero-order valence-electron chi connectivity index (χ0n) is 7.08. The Bertz CT molecular complexity index is 491. The number of hydrogen-bond acceptors (Lipinski definition) is 4. The van der Waals surface area contributed by atoms with Crippen molar-refractivity contribution in [3.05, 3.63) is 32.4 Å². The predicted molar refractivity (Wildman–Crippen MR) is 61.8 cm³/mol. The van der Waals surface area contributed by atoms with Crippen molar-refractivity contribution in [1.29, 1.82) is 0 Å². The Kier molecular flexibility index (Phi) is 3.32. The lowest BCUT2D eigenvalue weighted by molar-refractivity contribution is 0.468. The smallest absolute Gasteiger partial charge is 0.300 e. The number of nitrogens with zero attached hydrogens (tertiary/aromatic N) is 2. The second-order valence-corrected chi connectivity index (χ2v) is 5.57. The lowest BCUT2D eigenvalue weighted by Crippen LogP contribution is -1.85. The van der Waals surface area contributed by atoms with Crippen LogP contribution in [0.3, 0.4) is 0 Å². The molecule has 1 aromatic heterocycles. The third-order valence-corrected chi connectivity index (χ3v) is 3.33. The lowest BCUT2D eigenvalue weighted by atomic mass is 10.3. The fraction of sp³-hybridized carbons (Fsp3) is 0. The average Bonchev–Trinajstić information content (AvgIpc) is 2.56.